The molecule has 0 unspecified atom stereocenters. The minimum absolute atomic E-state index is 0.124. The van der Waals surface area contributed by atoms with Crippen LogP contribution in [0.25, 0.3) is 0 Å². The van der Waals surface area contributed by atoms with E-state index in [2.05, 4.69) is 21.2 Å². The molecule has 0 saturated carbocycles. The van der Waals surface area contributed by atoms with Crippen LogP contribution in [0.3, 0.4) is 0 Å². The van der Waals surface area contributed by atoms with Gasteiger partial charge in [-0.3, -0.25) is 4.79 Å². The summed E-state index contributed by atoms with van der Waals surface area (Å²) in [4.78, 5) is 11.8. The zero-order chi connectivity index (χ0) is 13.7. The van der Waals surface area contributed by atoms with E-state index in [1.165, 1.54) is 6.07 Å². The van der Waals surface area contributed by atoms with Crippen molar-refractivity contribution in [3.8, 4) is 0 Å². The fraction of sp³-hybridized carbons (Fsp3) is 0.133. The standard InChI is InChI=1S/C15H13BrFNO/c16-12-5-3-6-13(10-12)18-15(19)9-8-11-4-1-2-7-14(11)17/h1-7,10H,8-9H2,(H,18,19). The lowest BCUT2D eigenvalue weighted by Gasteiger charge is -2.06. The third kappa shape index (κ3) is 4.17. The average Bonchev–Trinajstić information content (AvgIpc) is 2.38. The molecule has 98 valence electrons. The predicted octanol–water partition coefficient (Wildman–Crippen LogP) is 4.16. The number of halogens is 2. The summed E-state index contributed by atoms with van der Waals surface area (Å²) < 4.78 is 14.3. The summed E-state index contributed by atoms with van der Waals surface area (Å²) in [5, 5.41) is 2.78. The molecule has 2 aromatic rings. The normalized spacial score (nSPS) is 10.2. The van der Waals surface area contributed by atoms with E-state index in [1.54, 1.807) is 18.2 Å². The maximum Gasteiger partial charge on any atom is 0.224 e. The highest BCUT2D eigenvalue weighted by Crippen LogP contribution is 2.16. The van der Waals surface area contributed by atoms with Gasteiger partial charge in [0.05, 0.1) is 0 Å². The van der Waals surface area contributed by atoms with Gasteiger partial charge in [0.15, 0.2) is 0 Å². The third-order valence-electron chi connectivity index (χ3n) is 2.69. The molecule has 0 spiro atoms. The number of aryl methyl sites for hydroxylation is 1. The molecule has 0 heterocycles. The van der Waals surface area contributed by atoms with Crippen LogP contribution in [0.5, 0.6) is 0 Å². The van der Waals surface area contributed by atoms with E-state index in [0.717, 1.165) is 10.2 Å². The first-order valence-electron chi connectivity index (χ1n) is 5.94. The van der Waals surface area contributed by atoms with Crippen LogP contribution in [0.15, 0.2) is 53.0 Å². The van der Waals surface area contributed by atoms with Gasteiger partial charge in [-0.05, 0) is 36.2 Å². The zero-order valence-corrected chi connectivity index (χ0v) is 11.8. The molecule has 0 bridgehead atoms. The Morgan fingerprint density at radius 1 is 1.16 bits per heavy atom. The second-order valence-corrected chi connectivity index (χ2v) is 5.07. The first-order chi connectivity index (χ1) is 9.15. The van der Waals surface area contributed by atoms with Crippen molar-refractivity contribution in [1.29, 1.82) is 0 Å². The molecule has 2 rings (SSSR count). The Morgan fingerprint density at radius 2 is 1.95 bits per heavy atom. The lowest BCUT2D eigenvalue weighted by Crippen LogP contribution is -2.12. The van der Waals surface area contributed by atoms with E-state index in [9.17, 15) is 9.18 Å². The van der Waals surface area contributed by atoms with Crippen LogP contribution >= 0.6 is 15.9 Å². The Kier molecular flexibility index (Phi) is 4.68. The third-order valence-corrected chi connectivity index (χ3v) is 3.18. The topological polar surface area (TPSA) is 29.1 Å². The summed E-state index contributed by atoms with van der Waals surface area (Å²) in [7, 11) is 0. The second-order valence-electron chi connectivity index (χ2n) is 4.15. The van der Waals surface area contributed by atoms with Gasteiger partial charge in [-0.2, -0.15) is 0 Å². The Morgan fingerprint density at radius 3 is 2.68 bits per heavy atom. The van der Waals surface area contributed by atoms with Crippen LogP contribution in [0.4, 0.5) is 10.1 Å². The van der Waals surface area contributed by atoms with E-state index < -0.39 is 0 Å². The molecule has 4 heteroatoms. The molecule has 1 amide bonds. The Balaban J connectivity index is 1.90. The maximum atomic E-state index is 13.4. The molecule has 0 aliphatic carbocycles. The lowest BCUT2D eigenvalue weighted by atomic mass is 10.1. The Bertz CT molecular complexity index is 586. The van der Waals surface area contributed by atoms with Crippen molar-refractivity contribution in [1.82, 2.24) is 0 Å². The Labute approximate surface area is 119 Å². The molecule has 0 atom stereocenters. The predicted molar refractivity (Wildman–Crippen MR) is 77.5 cm³/mol. The van der Waals surface area contributed by atoms with Crippen LogP contribution < -0.4 is 5.32 Å². The van der Waals surface area contributed by atoms with Crippen LogP contribution in [0, 0.1) is 5.82 Å². The summed E-state index contributed by atoms with van der Waals surface area (Å²) in [6.07, 6.45) is 0.653. The molecular formula is C15H13BrFNO. The SMILES string of the molecule is O=C(CCc1ccccc1F)Nc1cccc(Br)c1. The molecule has 0 aromatic heterocycles. The molecule has 0 aliphatic heterocycles. The number of hydrogen-bond donors (Lipinski definition) is 1. The number of amides is 1. The first-order valence-corrected chi connectivity index (χ1v) is 6.73. The average molecular weight is 322 g/mol. The van der Waals surface area contributed by atoms with Gasteiger partial charge in [-0.1, -0.05) is 40.2 Å². The molecular weight excluding hydrogens is 309 g/mol. The summed E-state index contributed by atoms with van der Waals surface area (Å²) >= 11 is 3.34. The van der Waals surface area contributed by atoms with Gasteiger partial charge in [-0.15, -0.1) is 0 Å². The number of hydrogen-bond acceptors (Lipinski definition) is 1. The number of carbonyl (C=O) groups is 1. The fourth-order valence-electron chi connectivity index (χ4n) is 1.74. The van der Waals surface area contributed by atoms with Crippen molar-refractivity contribution in [3.05, 3.63) is 64.4 Å². The molecule has 0 aliphatic rings. The minimum Gasteiger partial charge on any atom is -0.326 e. The van der Waals surface area contributed by atoms with Gasteiger partial charge in [0, 0.05) is 16.6 Å². The number of benzene rings is 2. The van der Waals surface area contributed by atoms with Crippen molar-refractivity contribution in [2.24, 2.45) is 0 Å². The largest absolute Gasteiger partial charge is 0.326 e. The van der Waals surface area contributed by atoms with E-state index in [4.69, 9.17) is 0 Å². The summed E-state index contributed by atoms with van der Waals surface area (Å²) in [6.45, 7) is 0. The van der Waals surface area contributed by atoms with Crippen molar-refractivity contribution in [3.63, 3.8) is 0 Å². The zero-order valence-electron chi connectivity index (χ0n) is 10.2. The van der Waals surface area contributed by atoms with Gasteiger partial charge < -0.3 is 5.32 Å². The van der Waals surface area contributed by atoms with Gasteiger partial charge in [0.1, 0.15) is 5.82 Å². The Hall–Kier alpha value is -1.68. The smallest absolute Gasteiger partial charge is 0.224 e. The maximum absolute atomic E-state index is 13.4. The minimum atomic E-state index is -0.266. The molecule has 0 radical (unpaired) electrons. The van der Waals surface area contributed by atoms with E-state index in [0.29, 0.717) is 12.0 Å². The second kappa shape index (κ2) is 6.48. The molecule has 2 nitrogen and oxygen atoms in total. The fourth-order valence-corrected chi connectivity index (χ4v) is 2.14. The highest BCUT2D eigenvalue weighted by atomic mass is 79.9. The lowest BCUT2D eigenvalue weighted by molar-refractivity contribution is -0.116. The van der Waals surface area contributed by atoms with Gasteiger partial charge in [0.2, 0.25) is 5.91 Å². The van der Waals surface area contributed by atoms with E-state index in [-0.39, 0.29) is 18.1 Å². The quantitative estimate of drug-likeness (QED) is 0.900. The van der Waals surface area contributed by atoms with Crippen molar-refractivity contribution in [2.75, 3.05) is 5.32 Å². The first kappa shape index (κ1) is 13.7. The van der Waals surface area contributed by atoms with Crippen LogP contribution in [-0.4, -0.2) is 5.91 Å². The molecule has 0 fully saturated rings. The van der Waals surface area contributed by atoms with Crippen LogP contribution in [0.1, 0.15) is 12.0 Å². The molecule has 2 aromatic carbocycles. The number of nitrogens with one attached hydrogen (secondary N) is 1. The molecule has 19 heavy (non-hydrogen) atoms. The van der Waals surface area contributed by atoms with E-state index >= 15 is 0 Å². The van der Waals surface area contributed by atoms with Crippen molar-refractivity contribution in [2.45, 2.75) is 12.8 Å². The number of carbonyl (C=O) groups excluding carboxylic acids is 1. The van der Waals surface area contributed by atoms with Gasteiger partial charge in [-0.25, -0.2) is 4.39 Å². The number of rotatable bonds is 4. The van der Waals surface area contributed by atoms with E-state index in [1.807, 2.05) is 24.3 Å². The molecule has 0 saturated heterocycles. The summed E-state index contributed by atoms with van der Waals surface area (Å²) in [6, 6.07) is 13.9. The van der Waals surface area contributed by atoms with Gasteiger partial charge in [0.25, 0.3) is 0 Å². The highest BCUT2D eigenvalue weighted by Gasteiger charge is 2.06. The highest BCUT2D eigenvalue weighted by molar-refractivity contribution is 9.10. The van der Waals surface area contributed by atoms with Crippen molar-refractivity contribution >= 4 is 27.5 Å². The van der Waals surface area contributed by atoms with Gasteiger partial charge >= 0.3 is 0 Å². The monoisotopic (exact) mass is 321 g/mol. The van der Waals surface area contributed by atoms with Crippen LogP contribution in [0.2, 0.25) is 0 Å². The molecule has 1 N–H and O–H groups in total. The summed E-state index contributed by atoms with van der Waals surface area (Å²) in [5.41, 5.74) is 1.29. The van der Waals surface area contributed by atoms with Crippen molar-refractivity contribution < 1.29 is 9.18 Å². The summed E-state index contributed by atoms with van der Waals surface area (Å²) in [5.74, 6) is -0.390. The number of anilines is 1. The van der Waals surface area contributed by atoms with Crippen LogP contribution in [-0.2, 0) is 11.2 Å².